The van der Waals surface area contributed by atoms with E-state index in [4.69, 9.17) is 0 Å². The summed E-state index contributed by atoms with van der Waals surface area (Å²) in [5, 5.41) is 6.17. The number of nitrogens with one attached hydrogen (secondary N) is 2. The fourth-order valence-electron chi connectivity index (χ4n) is 2.63. The smallest absolute Gasteiger partial charge is 0.224 e. The lowest BCUT2D eigenvalue weighted by Gasteiger charge is -2.33. The van der Waals surface area contributed by atoms with Gasteiger partial charge in [0.05, 0.1) is 0 Å². The molecule has 4 heteroatoms. The number of hydrogen-bond acceptors (Lipinski definition) is 2. The summed E-state index contributed by atoms with van der Waals surface area (Å²) in [6.07, 6.45) is 2.04. The molecule has 0 aliphatic rings. The van der Waals surface area contributed by atoms with Gasteiger partial charge in [0.2, 0.25) is 5.91 Å². The maximum absolute atomic E-state index is 12.1. The van der Waals surface area contributed by atoms with Crippen LogP contribution in [0.25, 0.3) is 0 Å². The molecule has 0 aromatic heterocycles. The summed E-state index contributed by atoms with van der Waals surface area (Å²) in [6, 6.07) is 10.5. The lowest BCUT2D eigenvalue weighted by Crippen LogP contribution is -2.43. The highest BCUT2D eigenvalue weighted by molar-refractivity contribution is 5.85. The van der Waals surface area contributed by atoms with Gasteiger partial charge < -0.3 is 10.6 Å². The predicted molar refractivity (Wildman–Crippen MR) is 92.1 cm³/mol. The van der Waals surface area contributed by atoms with Gasteiger partial charge in [-0.2, -0.15) is 0 Å². The average molecular weight is 313 g/mol. The Labute approximate surface area is 135 Å². The van der Waals surface area contributed by atoms with Crippen LogP contribution in [0, 0.1) is 5.92 Å². The highest BCUT2D eigenvalue weighted by atomic mass is 35.5. The summed E-state index contributed by atoms with van der Waals surface area (Å²) < 4.78 is 0. The first kappa shape index (κ1) is 19.9. The van der Waals surface area contributed by atoms with Crippen molar-refractivity contribution in [1.29, 1.82) is 0 Å². The minimum absolute atomic E-state index is 0. The van der Waals surface area contributed by atoms with Gasteiger partial charge in [0.25, 0.3) is 0 Å². The van der Waals surface area contributed by atoms with Crippen molar-refractivity contribution >= 4 is 18.3 Å². The Morgan fingerprint density at radius 1 is 1.19 bits per heavy atom. The molecule has 0 heterocycles. The molecule has 0 fully saturated rings. The zero-order chi connectivity index (χ0) is 15.0. The van der Waals surface area contributed by atoms with Gasteiger partial charge in [-0.15, -0.1) is 12.4 Å². The van der Waals surface area contributed by atoms with Crippen molar-refractivity contribution in [2.24, 2.45) is 5.92 Å². The second kappa shape index (κ2) is 9.80. The van der Waals surface area contributed by atoms with E-state index in [1.54, 1.807) is 0 Å². The molecule has 0 saturated heterocycles. The van der Waals surface area contributed by atoms with E-state index < -0.39 is 0 Å². The molecule has 1 aromatic rings. The van der Waals surface area contributed by atoms with Crippen LogP contribution in [-0.4, -0.2) is 26.0 Å². The van der Waals surface area contributed by atoms with Crippen molar-refractivity contribution in [1.82, 2.24) is 10.6 Å². The minimum Gasteiger partial charge on any atom is -0.355 e. The van der Waals surface area contributed by atoms with Crippen LogP contribution in [0.2, 0.25) is 0 Å². The number of benzene rings is 1. The number of carbonyl (C=O) groups excluding carboxylic acids is 1. The van der Waals surface area contributed by atoms with Crippen LogP contribution in [0.5, 0.6) is 0 Å². The van der Waals surface area contributed by atoms with Gasteiger partial charge in [-0.3, -0.25) is 4.79 Å². The van der Waals surface area contributed by atoms with Gasteiger partial charge in [0.1, 0.15) is 0 Å². The molecule has 2 N–H and O–H groups in total. The molecule has 3 nitrogen and oxygen atoms in total. The molecule has 120 valence electrons. The number of hydrogen-bond donors (Lipinski definition) is 2. The van der Waals surface area contributed by atoms with Gasteiger partial charge >= 0.3 is 0 Å². The van der Waals surface area contributed by atoms with E-state index in [1.807, 2.05) is 20.0 Å². The van der Waals surface area contributed by atoms with E-state index in [0.717, 1.165) is 12.8 Å². The Morgan fingerprint density at radius 2 is 1.76 bits per heavy atom. The van der Waals surface area contributed by atoms with Gasteiger partial charge in [-0.25, -0.2) is 0 Å². The molecule has 0 aliphatic heterocycles. The average Bonchev–Trinajstić information content (AvgIpc) is 2.50. The third-order valence-electron chi connectivity index (χ3n) is 4.30. The van der Waals surface area contributed by atoms with Gasteiger partial charge in [-0.05, 0) is 25.5 Å². The highest BCUT2D eigenvalue weighted by Gasteiger charge is 2.29. The molecule has 1 unspecified atom stereocenters. The first-order valence-electron chi connectivity index (χ1n) is 7.57. The number of amides is 1. The molecule has 0 saturated carbocycles. The molecule has 1 amide bonds. The summed E-state index contributed by atoms with van der Waals surface area (Å²) in [6.45, 7) is 7.76. The summed E-state index contributed by atoms with van der Waals surface area (Å²) in [4.78, 5) is 12.1. The predicted octanol–water partition coefficient (Wildman–Crippen LogP) is 3.14. The third kappa shape index (κ3) is 5.33. The van der Waals surface area contributed by atoms with Crippen molar-refractivity contribution in [3.8, 4) is 0 Å². The Hall–Kier alpha value is -1.06. The Balaban J connectivity index is 0.00000400. The topological polar surface area (TPSA) is 41.1 Å². The number of carbonyl (C=O) groups is 1. The number of rotatable bonds is 8. The van der Waals surface area contributed by atoms with Crippen LogP contribution in [0.3, 0.4) is 0 Å². The van der Waals surface area contributed by atoms with Crippen molar-refractivity contribution in [3.63, 3.8) is 0 Å². The van der Waals surface area contributed by atoms with Crippen molar-refractivity contribution in [3.05, 3.63) is 35.9 Å². The van der Waals surface area contributed by atoms with Gasteiger partial charge in [0, 0.05) is 24.4 Å². The van der Waals surface area contributed by atoms with Crippen LogP contribution in [0.1, 0.15) is 39.2 Å². The second-order valence-corrected chi connectivity index (χ2v) is 5.53. The Kier molecular flexibility index (Phi) is 9.31. The summed E-state index contributed by atoms with van der Waals surface area (Å²) in [5.41, 5.74) is 1.35. The van der Waals surface area contributed by atoms with Crippen LogP contribution in [0.4, 0.5) is 0 Å². The van der Waals surface area contributed by atoms with E-state index in [9.17, 15) is 4.79 Å². The van der Waals surface area contributed by atoms with Crippen LogP contribution in [-0.2, 0) is 10.2 Å². The second-order valence-electron chi connectivity index (χ2n) is 5.53. The zero-order valence-corrected chi connectivity index (χ0v) is 14.4. The third-order valence-corrected chi connectivity index (χ3v) is 4.30. The lowest BCUT2D eigenvalue weighted by molar-refractivity contribution is -0.124. The van der Waals surface area contributed by atoms with Gasteiger partial charge in [-0.1, -0.05) is 51.1 Å². The first-order chi connectivity index (χ1) is 9.59. The molecule has 1 aromatic carbocycles. The van der Waals surface area contributed by atoms with Crippen LogP contribution in [0.15, 0.2) is 30.3 Å². The fraction of sp³-hybridized carbons (Fsp3) is 0.588. The van der Waals surface area contributed by atoms with Crippen LogP contribution < -0.4 is 10.6 Å². The molecular weight excluding hydrogens is 284 g/mol. The summed E-state index contributed by atoms with van der Waals surface area (Å²) in [5.74, 6) is 0.128. The molecule has 0 spiro atoms. The lowest BCUT2D eigenvalue weighted by atomic mass is 9.75. The molecule has 0 radical (unpaired) electrons. The quantitative estimate of drug-likeness (QED) is 0.774. The van der Waals surface area contributed by atoms with Gasteiger partial charge in [0.15, 0.2) is 0 Å². The van der Waals surface area contributed by atoms with Crippen LogP contribution >= 0.6 is 12.4 Å². The summed E-state index contributed by atoms with van der Waals surface area (Å²) in [7, 11) is 1.87. The summed E-state index contributed by atoms with van der Waals surface area (Å²) >= 11 is 0. The molecule has 1 atom stereocenters. The normalized spacial score (nSPS) is 12.4. The highest BCUT2D eigenvalue weighted by Crippen LogP contribution is 2.30. The maximum Gasteiger partial charge on any atom is 0.224 e. The molecular formula is C17H29ClN2O. The SMILES string of the molecule is CCC(CC)(CNC(=O)C(C)CNC)c1ccccc1.Cl. The zero-order valence-electron chi connectivity index (χ0n) is 13.6. The molecule has 1 rings (SSSR count). The maximum atomic E-state index is 12.1. The van der Waals surface area contributed by atoms with E-state index in [2.05, 4.69) is 48.7 Å². The van der Waals surface area contributed by atoms with E-state index in [0.29, 0.717) is 13.1 Å². The Bertz CT molecular complexity index is 405. The molecule has 21 heavy (non-hydrogen) atoms. The van der Waals surface area contributed by atoms with Crippen molar-refractivity contribution in [2.45, 2.75) is 39.0 Å². The molecule has 0 aliphatic carbocycles. The van der Waals surface area contributed by atoms with Crippen molar-refractivity contribution < 1.29 is 4.79 Å². The minimum atomic E-state index is 0. The van der Waals surface area contributed by atoms with E-state index in [-0.39, 0.29) is 29.6 Å². The Morgan fingerprint density at radius 3 is 2.24 bits per heavy atom. The van der Waals surface area contributed by atoms with Crippen molar-refractivity contribution in [2.75, 3.05) is 20.1 Å². The largest absolute Gasteiger partial charge is 0.355 e. The van der Waals surface area contributed by atoms with E-state index in [1.165, 1.54) is 5.56 Å². The number of halogens is 1. The molecule has 0 bridgehead atoms. The standard InChI is InChI=1S/C17H28N2O.ClH/c1-5-17(6-2,15-10-8-7-9-11-15)13-19-16(20)14(3)12-18-4;/h7-11,14,18H,5-6,12-13H2,1-4H3,(H,19,20);1H. The van der Waals surface area contributed by atoms with E-state index >= 15 is 0 Å². The monoisotopic (exact) mass is 312 g/mol. The first-order valence-corrected chi connectivity index (χ1v) is 7.57. The fourth-order valence-corrected chi connectivity index (χ4v) is 2.63.